The van der Waals surface area contributed by atoms with E-state index in [2.05, 4.69) is 21.8 Å². The number of hydrogen-bond donors (Lipinski definition) is 2. The number of amides is 1. The second kappa shape index (κ2) is 9.42. The molecule has 0 spiro atoms. The lowest BCUT2D eigenvalue weighted by molar-refractivity contribution is -0.137. The number of likely N-dealkylation sites (tertiary alicyclic amines) is 1. The quantitative estimate of drug-likeness (QED) is 0.654. The second-order valence-electron chi connectivity index (χ2n) is 9.27. The molecule has 10 heteroatoms. The van der Waals surface area contributed by atoms with E-state index in [1.165, 1.54) is 12.4 Å². The zero-order valence-corrected chi connectivity index (χ0v) is 18.8. The van der Waals surface area contributed by atoms with Crippen LogP contribution in [0.25, 0.3) is 10.9 Å². The van der Waals surface area contributed by atoms with Gasteiger partial charge < -0.3 is 16.4 Å². The van der Waals surface area contributed by atoms with Crippen molar-refractivity contribution in [2.75, 3.05) is 24.5 Å². The van der Waals surface area contributed by atoms with Gasteiger partial charge in [-0.25, -0.2) is 9.97 Å². The van der Waals surface area contributed by atoms with Gasteiger partial charge in [-0.05, 0) is 56.2 Å². The standard InChI is InChI=1S/C23H31F3N6O/c1-2-19(27)14-3-6-16(7-4-14)31-10-17(11-31)32(12-21(28)33)22-18-9-15(23(24,25)26)5-8-20(18)29-13-30-22/h5,8-9,13-14,16-17,19H,2-4,6-7,10-12,27H2,1H3,(H2,28,33)/t14?,16?,19-/m1/s1. The fourth-order valence-electron chi connectivity index (χ4n) is 5.20. The van der Waals surface area contributed by atoms with Gasteiger partial charge >= 0.3 is 6.18 Å². The zero-order valence-electron chi connectivity index (χ0n) is 18.8. The number of primary amides is 1. The molecule has 1 aromatic carbocycles. The van der Waals surface area contributed by atoms with Crippen molar-refractivity contribution in [3.8, 4) is 0 Å². The van der Waals surface area contributed by atoms with Gasteiger partial charge in [0.25, 0.3) is 0 Å². The summed E-state index contributed by atoms with van der Waals surface area (Å²) >= 11 is 0. The van der Waals surface area contributed by atoms with E-state index >= 15 is 0 Å². The van der Waals surface area contributed by atoms with Gasteiger partial charge in [0, 0.05) is 30.6 Å². The highest BCUT2D eigenvalue weighted by Gasteiger charge is 2.39. The first-order valence-corrected chi connectivity index (χ1v) is 11.5. The van der Waals surface area contributed by atoms with Gasteiger partial charge in [-0.15, -0.1) is 0 Å². The molecular formula is C23H31F3N6O. The predicted molar refractivity (Wildman–Crippen MR) is 120 cm³/mol. The average Bonchev–Trinajstić information content (AvgIpc) is 2.75. The Balaban J connectivity index is 1.51. The minimum atomic E-state index is -4.48. The molecule has 1 atom stereocenters. The van der Waals surface area contributed by atoms with Crippen molar-refractivity contribution in [3.05, 3.63) is 30.1 Å². The third-order valence-electron chi connectivity index (χ3n) is 7.21. The Labute approximate surface area is 191 Å². The largest absolute Gasteiger partial charge is 0.416 e. The van der Waals surface area contributed by atoms with Crippen LogP contribution >= 0.6 is 0 Å². The molecule has 2 aromatic rings. The van der Waals surface area contributed by atoms with E-state index in [4.69, 9.17) is 11.5 Å². The van der Waals surface area contributed by atoms with Crippen molar-refractivity contribution >= 4 is 22.6 Å². The number of hydrogen-bond acceptors (Lipinski definition) is 6. The minimum absolute atomic E-state index is 0.0548. The smallest absolute Gasteiger partial charge is 0.368 e. The molecule has 2 fully saturated rings. The Bertz CT molecular complexity index is 986. The van der Waals surface area contributed by atoms with Gasteiger partial charge in [0.2, 0.25) is 5.91 Å². The highest BCUT2D eigenvalue weighted by Crippen LogP contribution is 2.36. The summed E-state index contributed by atoms with van der Waals surface area (Å²) in [4.78, 5) is 24.3. The Morgan fingerprint density at radius 3 is 2.52 bits per heavy atom. The molecule has 1 amide bonds. The monoisotopic (exact) mass is 464 g/mol. The summed E-state index contributed by atoms with van der Waals surface area (Å²) in [5.74, 6) is 0.332. The van der Waals surface area contributed by atoms with Gasteiger partial charge in [-0.2, -0.15) is 13.2 Å². The van der Waals surface area contributed by atoms with Crippen molar-refractivity contribution in [3.63, 3.8) is 0 Å². The van der Waals surface area contributed by atoms with Crippen molar-refractivity contribution in [2.45, 2.75) is 63.3 Å². The molecule has 2 aliphatic rings. The molecule has 1 saturated heterocycles. The number of aromatic nitrogens is 2. The highest BCUT2D eigenvalue weighted by molar-refractivity contribution is 5.92. The van der Waals surface area contributed by atoms with Crippen LogP contribution in [-0.4, -0.2) is 58.5 Å². The number of alkyl halides is 3. The zero-order chi connectivity index (χ0) is 23.8. The maximum atomic E-state index is 13.3. The molecule has 1 aliphatic carbocycles. The summed E-state index contributed by atoms with van der Waals surface area (Å²) in [5, 5.41) is 0.265. The molecule has 1 aliphatic heterocycles. The molecular weight excluding hydrogens is 433 g/mol. The van der Waals surface area contributed by atoms with Gasteiger partial charge in [0.15, 0.2) is 0 Å². The third-order valence-corrected chi connectivity index (χ3v) is 7.21. The Kier molecular flexibility index (Phi) is 6.76. The summed E-state index contributed by atoms with van der Waals surface area (Å²) in [6.45, 7) is 3.44. The van der Waals surface area contributed by atoms with E-state index in [0.717, 1.165) is 44.2 Å². The number of carbonyl (C=O) groups excluding carboxylic acids is 1. The maximum absolute atomic E-state index is 13.3. The molecule has 33 heavy (non-hydrogen) atoms. The number of rotatable bonds is 7. The number of fused-ring (bicyclic) bond motifs is 1. The molecule has 7 nitrogen and oxygen atoms in total. The minimum Gasteiger partial charge on any atom is -0.368 e. The molecule has 0 radical (unpaired) electrons. The molecule has 180 valence electrons. The molecule has 0 unspecified atom stereocenters. The summed E-state index contributed by atoms with van der Waals surface area (Å²) in [6, 6.07) is 4.06. The van der Waals surface area contributed by atoms with Crippen LogP contribution in [0.3, 0.4) is 0 Å². The molecule has 1 aromatic heterocycles. The lowest BCUT2D eigenvalue weighted by Gasteiger charge is -2.50. The van der Waals surface area contributed by atoms with Crippen molar-refractivity contribution < 1.29 is 18.0 Å². The SMILES string of the molecule is CC[C@@H](N)C1CCC(N2CC(N(CC(N)=O)c3ncnc4ccc(C(F)(F)F)cc34)C2)CC1. The first kappa shape index (κ1) is 23.7. The van der Waals surface area contributed by atoms with Gasteiger partial charge in [-0.3, -0.25) is 9.69 Å². The topological polar surface area (TPSA) is 101 Å². The molecule has 4 N–H and O–H groups in total. The fourth-order valence-corrected chi connectivity index (χ4v) is 5.20. The number of halogens is 3. The van der Waals surface area contributed by atoms with Gasteiger partial charge in [0.05, 0.1) is 23.7 Å². The first-order chi connectivity index (χ1) is 15.7. The Hall–Kier alpha value is -2.46. The Morgan fingerprint density at radius 2 is 1.91 bits per heavy atom. The van der Waals surface area contributed by atoms with Crippen LogP contribution in [0.5, 0.6) is 0 Å². The van der Waals surface area contributed by atoms with E-state index in [0.29, 0.717) is 36.4 Å². The first-order valence-electron chi connectivity index (χ1n) is 11.5. The van der Waals surface area contributed by atoms with E-state index in [1.54, 1.807) is 4.90 Å². The average molecular weight is 465 g/mol. The van der Waals surface area contributed by atoms with Crippen LogP contribution in [0.2, 0.25) is 0 Å². The van der Waals surface area contributed by atoms with Crippen LogP contribution in [0, 0.1) is 5.92 Å². The predicted octanol–water partition coefficient (Wildman–Crippen LogP) is 2.92. The van der Waals surface area contributed by atoms with Gasteiger partial charge in [-0.1, -0.05) is 6.92 Å². The number of anilines is 1. The van der Waals surface area contributed by atoms with Crippen molar-refractivity contribution in [1.29, 1.82) is 0 Å². The van der Waals surface area contributed by atoms with E-state index in [-0.39, 0.29) is 24.0 Å². The summed E-state index contributed by atoms with van der Waals surface area (Å²) in [6.07, 6.45) is 2.23. The highest BCUT2D eigenvalue weighted by atomic mass is 19.4. The summed E-state index contributed by atoms with van der Waals surface area (Å²) in [7, 11) is 0. The van der Waals surface area contributed by atoms with Gasteiger partial charge in [0.1, 0.15) is 12.1 Å². The number of nitrogens with two attached hydrogens (primary N) is 2. The lowest BCUT2D eigenvalue weighted by atomic mass is 9.79. The molecule has 0 bridgehead atoms. The fraction of sp³-hybridized carbons (Fsp3) is 0.609. The van der Waals surface area contributed by atoms with Crippen LogP contribution in [0.4, 0.5) is 19.0 Å². The summed E-state index contributed by atoms with van der Waals surface area (Å²) in [5.41, 5.74) is 11.3. The van der Waals surface area contributed by atoms with Crippen LogP contribution in [0.15, 0.2) is 24.5 Å². The second-order valence-corrected chi connectivity index (χ2v) is 9.27. The molecule has 4 rings (SSSR count). The molecule has 1 saturated carbocycles. The normalized spacial score (nSPS) is 23.3. The summed E-state index contributed by atoms with van der Waals surface area (Å²) < 4.78 is 39.9. The molecule has 2 heterocycles. The van der Waals surface area contributed by atoms with E-state index in [1.807, 2.05) is 0 Å². The van der Waals surface area contributed by atoms with Crippen LogP contribution < -0.4 is 16.4 Å². The maximum Gasteiger partial charge on any atom is 0.416 e. The van der Waals surface area contributed by atoms with Crippen LogP contribution in [0.1, 0.15) is 44.6 Å². The van der Waals surface area contributed by atoms with E-state index in [9.17, 15) is 18.0 Å². The number of benzene rings is 1. The van der Waals surface area contributed by atoms with E-state index < -0.39 is 17.6 Å². The lowest BCUT2D eigenvalue weighted by Crippen LogP contribution is -2.64. The van der Waals surface area contributed by atoms with Crippen molar-refractivity contribution in [2.24, 2.45) is 17.4 Å². The third kappa shape index (κ3) is 5.06. The van der Waals surface area contributed by atoms with Crippen molar-refractivity contribution in [1.82, 2.24) is 14.9 Å². The number of carbonyl (C=O) groups is 1. The van der Waals surface area contributed by atoms with Crippen LogP contribution in [-0.2, 0) is 11.0 Å². The Morgan fingerprint density at radius 1 is 1.21 bits per heavy atom. The number of nitrogens with zero attached hydrogens (tertiary/aromatic N) is 4.